The highest BCUT2D eigenvalue weighted by atomic mass is 16.5. The van der Waals surface area contributed by atoms with Crippen molar-refractivity contribution in [1.29, 1.82) is 0 Å². The van der Waals surface area contributed by atoms with E-state index in [1.165, 1.54) is 0 Å². The lowest BCUT2D eigenvalue weighted by Gasteiger charge is -2.40. The van der Waals surface area contributed by atoms with Crippen LogP contribution in [0.4, 0.5) is 5.82 Å². The van der Waals surface area contributed by atoms with Gasteiger partial charge in [0.15, 0.2) is 17.3 Å². The molecule has 3 heterocycles. The Morgan fingerprint density at radius 1 is 0.797 bits per heavy atom. The molecule has 1 saturated carbocycles. The lowest BCUT2D eigenvalue weighted by Crippen LogP contribution is -2.43. The first kappa shape index (κ1) is 49.5. The second kappa shape index (κ2) is 20.9. The van der Waals surface area contributed by atoms with Gasteiger partial charge in [-0.1, -0.05) is 72.8 Å². The Kier molecular flexibility index (Phi) is 14.0. The summed E-state index contributed by atoms with van der Waals surface area (Å²) in [6, 6.07) is 28.2. The molecule has 6 bridgehead atoms. The largest absolute Gasteiger partial charge is 0.507 e. The number of hydrogen-bond acceptors (Lipinski definition) is 10. The molecule has 1 aliphatic heterocycles. The van der Waals surface area contributed by atoms with Crippen LogP contribution in [0.2, 0.25) is 0 Å². The molecule has 0 spiro atoms. The number of carbonyl (C=O) groups is 2. The number of carbonyl (C=O) groups excluding carboxylic acids is 2. The minimum atomic E-state index is -1.41. The number of ketones is 2. The summed E-state index contributed by atoms with van der Waals surface area (Å²) in [6.45, 7) is -0.396. The summed E-state index contributed by atoms with van der Waals surface area (Å²) in [6.07, 6.45) is 13.8. The van der Waals surface area contributed by atoms with Gasteiger partial charge in [-0.25, -0.2) is 0 Å². The van der Waals surface area contributed by atoms with Crippen LogP contribution in [0, 0.1) is 11.8 Å². The molecule has 0 saturated heterocycles. The van der Waals surface area contributed by atoms with Crippen LogP contribution < -0.4 is 10.1 Å². The maximum Gasteiger partial charge on any atom is 0.163 e. The molecule has 12 heteroatoms. The van der Waals surface area contributed by atoms with Crippen molar-refractivity contribution in [3.8, 4) is 17.2 Å². The van der Waals surface area contributed by atoms with Crippen molar-refractivity contribution in [3.63, 3.8) is 0 Å². The number of aromatic amines is 2. The smallest absolute Gasteiger partial charge is 0.163 e. The molecule has 4 aromatic carbocycles. The number of aromatic hydroxyl groups is 2. The van der Waals surface area contributed by atoms with Gasteiger partial charge in [0, 0.05) is 71.6 Å². The van der Waals surface area contributed by atoms with E-state index >= 15 is 4.79 Å². The van der Waals surface area contributed by atoms with E-state index in [1.807, 2.05) is 79.1 Å². The second-order valence-corrected chi connectivity index (χ2v) is 21.6. The fourth-order valence-electron chi connectivity index (χ4n) is 13.0. The summed E-state index contributed by atoms with van der Waals surface area (Å²) in [5.41, 5.74) is 7.87. The van der Waals surface area contributed by atoms with Gasteiger partial charge in [-0.05, 0) is 164 Å². The van der Waals surface area contributed by atoms with Gasteiger partial charge in [-0.2, -0.15) is 0 Å². The standard InChI is InChI=1S/C62H67N3O9/c66-28-23-47-55(69)18-13-37-30-50(59(71)56(31-37)74-42-10-4-5-11-42)58(70)40-15-14-39(32-41(67)29-36-7-2-1-3-8-36)48(33-40)44-16-17-52(65-61-46(44)22-27-64-61)49-34-53-45(21-26-63-53)51(57(49)60(47)72)35-62(73)24-19-38-9-6-12-54(68)43(38)20-25-62/h1-3,6-9,12,14-15,20-22,25-27,30-31,33-34,41-42,44,47,51-52,57-58,63-68,70-71,73H,4-5,10-11,13,16-19,23-24,28-29,32,35H2. The molecular formula is C62H67N3O9. The number of H-pyrrole nitrogens is 2. The topological polar surface area (TPSA) is 208 Å². The summed E-state index contributed by atoms with van der Waals surface area (Å²) in [5, 5.41) is 74.4. The lowest BCUT2D eigenvalue weighted by molar-refractivity contribution is -0.136. The fraction of sp³-hybridized carbons (Fsp3) is 0.387. The number of aromatic nitrogens is 2. The van der Waals surface area contributed by atoms with Crippen molar-refractivity contribution in [2.45, 2.75) is 132 Å². The van der Waals surface area contributed by atoms with Gasteiger partial charge in [-0.15, -0.1) is 0 Å². The zero-order chi connectivity index (χ0) is 51.1. The van der Waals surface area contributed by atoms with Crippen LogP contribution in [0.1, 0.15) is 143 Å². The Labute approximate surface area is 431 Å². The van der Waals surface area contributed by atoms with Gasteiger partial charge in [0.1, 0.15) is 23.5 Å². The third-order valence-electron chi connectivity index (χ3n) is 16.8. The van der Waals surface area contributed by atoms with Gasteiger partial charge in [0.05, 0.1) is 23.7 Å². The number of fused-ring (bicyclic) bond motifs is 14. The first-order valence-electron chi connectivity index (χ1n) is 26.7. The minimum Gasteiger partial charge on any atom is -0.507 e. The number of nitrogens with one attached hydrogen (secondary N) is 3. The Morgan fingerprint density at radius 2 is 1.61 bits per heavy atom. The molecule has 384 valence electrons. The van der Waals surface area contributed by atoms with Gasteiger partial charge in [0.25, 0.3) is 0 Å². The van der Waals surface area contributed by atoms with Crippen LogP contribution in [-0.2, 0) is 35.3 Å². The van der Waals surface area contributed by atoms with Crippen LogP contribution in [0.15, 0.2) is 115 Å². The number of phenols is 2. The number of anilines is 1. The van der Waals surface area contributed by atoms with Crippen LogP contribution in [0.25, 0.3) is 12.2 Å². The number of hydrogen-bond donors (Lipinski definition) is 9. The number of phenolic OH excluding ortho intramolecular Hbond substituents is 2. The first-order valence-corrected chi connectivity index (χ1v) is 26.7. The highest BCUT2D eigenvalue weighted by Gasteiger charge is 2.47. The van der Waals surface area contributed by atoms with E-state index in [9.17, 15) is 35.4 Å². The maximum atomic E-state index is 16.0. The van der Waals surface area contributed by atoms with Crippen molar-refractivity contribution >= 4 is 29.5 Å². The van der Waals surface area contributed by atoms with Crippen molar-refractivity contribution in [2.75, 3.05) is 11.9 Å². The Morgan fingerprint density at radius 3 is 2.43 bits per heavy atom. The number of aliphatic hydroxyl groups excluding tert-OH is 3. The quantitative estimate of drug-likeness (QED) is 0.0594. The van der Waals surface area contributed by atoms with E-state index in [4.69, 9.17) is 4.74 Å². The summed E-state index contributed by atoms with van der Waals surface area (Å²) in [4.78, 5) is 37.7. The second-order valence-electron chi connectivity index (χ2n) is 21.6. The molecule has 1 fully saturated rings. The Hall–Kier alpha value is -6.70. The van der Waals surface area contributed by atoms with E-state index in [0.29, 0.717) is 55.2 Å². The van der Waals surface area contributed by atoms with E-state index in [0.717, 1.165) is 76.1 Å². The predicted octanol–water partition coefficient (Wildman–Crippen LogP) is 9.67. The molecule has 8 atom stereocenters. The predicted molar refractivity (Wildman–Crippen MR) is 284 cm³/mol. The highest BCUT2D eigenvalue weighted by molar-refractivity contribution is 6.05. The number of rotatable bonds is 10. The number of ether oxygens (including phenoxy) is 1. The van der Waals surface area contributed by atoms with Crippen molar-refractivity contribution in [2.24, 2.45) is 11.8 Å². The van der Waals surface area contributed by atoms with Crippen LogP contribution in [0.3, 0.4) is 0 Å². The van der Waals surface area contributed by atoms with Crippen LogP contribution in [0.5, 0.6) is 17.2 Å². The molecule has 8 unspecified atom stereocenters. The number of Topliss-reactive ketones (excluding diaryl/α,β-unsaturated/α-hetero) is 2. The van der Waals surface area contributed by atoms with E-state index in [1.54, 1.807) is 36.4 Å². The fourth-order valence-corrected chi connectivity index (χ4v) is 13.0. The molecule has 5 aliphatic rings. The molecule has 4 aliphatic carbocycles. The molecule has 2 aromatic heterocycles. The average Bonchev–Trinajstić information content (AvgIpc) is 4.17. The Bertz CT molecular complexity index is 3090. The molecule has 11 rings (SSSR count). The van der Waals surface area contributed by atoms with E-state index in [-0.39, 0.29) is 72.1 Å². The number of benzene rings is 4. The Balaban J connectivity index is 1.05. The third-order valence-corrected chi connectivity index (χ3v) is 16.8. The number of aryl methyl sites for hydroxylation is 2. The molecule has 6 aromatic rings. The summed E-state index contributed by atoms with van der Waals surface area (Å²) < 4.78 is 6.48. The van der Waals surface area contributed by atoms with Gasteiger partial charge < -0.3 is 50.7 Å². The van der Waals surface area contributed by atoms with Gasteiger partial charge in [-0.3, -0.25) is 9.59 Å². The SMILES string of the molecule is O=C1CCc2cc(OC3CCCC3)c(O)c(c2)C(O)c2ccc(CC(O)Cc3ccccc3)c(c2)C2CCC(Nc3[nH]ccc32)C2=Cc3[nH]ccc3C(CC3(O)C=Cc4c(O)cccc4CC3)C2C(=O)C1CCO. The molecule has 74 heavy (non-hydrogen) atoms. The summed E-state index contributed by atoms with van der Waals surface area (Å²) in [5.74, 6) is -2.63. The van der Waals surface area contributed by atoms with Crippen LogP contribution in [-0.4, -0.2) is 82.6 Å². The van der Waals surface area contributed by atoms with E-state index in [2.05, 4.69) is 21.4 Å². The molecule has 12 nitrogen and oxygen atoms in total. The lowest BCUT2D eigenvalue weighted by atomic mass is 9.65. The van der Waals surface area contributed by atoms with E-state index < -0.39 is 48.2 Å². The van der Waals surface area contributed by atoms with Crippen molar-refractivity contribution in [1.82, 2.24) is 9.97 Å². The first-order chi connectivity index (χ1) is 35.9. The molecule has 9 N–H and O–H groups in total. The normalized spacial score (nSPS) is 25.3. The van der Waals surface area contributed by atoms with Crippen LogP contribution >= 0.6 is 0 Å². The monoisotopic (exact) mass is 997 g/mol. The highest BCUT2D eigenvalue weighted by Crippen LogP contribution is 2.51. The third kappa shape index (κ3) is 9.88. The number of aliphatic hydroxyl groups is 4. The zero-order valence-corrected chi connectivity index (χ0v) is 41.7. The zero-order valence-electron chi connectivity index (χ0n) is 41.7. The summed E-state index contributed by atoms with van der Waals surface area (Å²) >= 11 is 0. The molecular weight excluding hydrogens is 931 g/mol. The van der Waals surface area contributed by atoms with Gasteiger partial charge >= 0.3 is 0 Å². The minimum absolute atomic E-state index is 0.0564. The van der Waals surface area contributed by atoms with Crippen molar-refractivity contribution < 1.29 is 45.0 Å². The van der Waals surface area contributed by atoms with Crippen molar-refractivity contribution in [3.05, 3.63) is 176 Å². The molecule has 0 amide bonds. The maximum absolute atomic E-state index is 16.0. The average molecular weight is 998 g/mol. The van der Waals surface area contributed by atoms with Gasteiger partial charge in [0.2, 0.25) is 0 Å². The molecule has 0 radical (unpaired) electrons. The summed E-state index contributed by atoms with van der Waals surface area (Å²) in [7, 11) is 0.